The van der Waals surface area contributed by atoms with E-state index < -0.39 is 0 Å². The Morgan fingerprint density at radius 3 is 2.62 bits per heavy atom. The Morgan fingerprint density at radius 1 is 1.10 bits per heavy atom. The number of rotatable bonds is 9. The highest BCUT2D eigenvalue weighted by atomic mass is 35.5. The zero-order chi connectivity index (χ0) is 15.3. The number of unbranched alkanes of at least 4 members (excludes halogenated alkanes) is 5. The van der Waals surface area contributed by atoms with E-state index in [0.717, 1.165) is 12.8 Å². The Bertz CT molecular complexity index is 462. The summed E-state index contributed by atoms with van der Waals surface area (Å²) >= 11 is 5.56. The van der Waals surface area contributed by atoms with Gasteiger partial charge in [0, 0.05) is 23.9 Å². The van der Waals surface area contributed by atoms with Gasteiger partial charge in [-0.1, -0.05) is 50.9 Å². The van der Waals surface area contributed by atoms with Crippen LogP contribution in [0.5, 0.6) is 5.75 Å². The predicted octanol–water partition coefficient (Wildman–Crippen LogP) is 5.55. The molecule has 0 aromatic heterocycles. The number of benzene rings is 1. The molecule has 1 nitrogen and oxygen atoms in total. The number of halogens is 2. The first-order chi connectivity index (χ1) is 10.3. The molecule has 0 saturated heterocycles. The maximum Gasteiger partial charge on any atom is 0.128 e. The minimum atomic E-state index is -0.314. The van der Waals surface area contributed by atoms with Gasteiger partial charge in [-0.3, -0.25) is 0 Å². The van der Waals surface area contributed by atoms with Crippen molar-refractivity contribution < 1.29 is 9.13 Å². The Hall–Kier alpha value is -1.20. The summed E-state index contributed by atoms with van der Waals surface area (Å²) in [5, 5.41) is 0. The zero-order valence-electron chi connectivity index (χ0n) is 12.8. The fraction of sp³-hybridized carbons (Fsp3) is 0.556. The third kappa shape index (κ3) is 8.63. The van der Waals surface area contributed by atoms with Crippen molar-refractivity contribution in [2.45, 2.75) is 51.9 Å². The van der Waals surface area contributed by atoms with Crippen LogP contribution < -0.4 is 4.74 Å². The van der Waals surface area contributed by atoms with E-state index in [1.807, 2.05) is 0 Å². The first-order valence-electron chi connectivity index (χ1n) is 7.74. The van der Waals surface area contributed by atoms with E-state index in [9.17, 15) is 4.39 Å². The molecule has 3 heteroatoms. The standard InChI is InChI=1S/C18H24ClFO/c1-2-3-4-5-6-9-12-21-18-14-16(10-7-8-11-19)13-17(20)15-18/h13-15H,2-6,8-9,11-12H2,1H3. The van der Waals surface area contributed by atoms with Crippen molar-refractivity contribution in [3.05, 3.63) is 29.6 Å². The first kappa shape index (κ1) is 17.9. The zero-order valence-corrected chi connectivity index (χ0v) is 13.5. The van der Waals surface area contributed by atoms with Gasteiger partial charge in [-0.2, -0.15) is 0 Å². The molecule has 0 radical (unpaired) electrons. The van der Waals surface area contributed by atoms with Crippen molar-refractivity contribution in [1.29, 1.82) is 0 Å². The number of hydrogen-bond donors (Lipinski definition) is 0. The molecule has 1 aromatic carbocycles. The molecule has 0 spiro atoms. The molecule has 0 bridgehead atoms. The second-order valence-electron chi connectivity index (χ2n) is 5.03. The highest BCUT2D eigenvalue weighted by Crippen LogP contribution is 2.16. The lowest BCUT2D eigenvalue weighted by Gasteiger charge is -2.07. The van der Waals surface area contributed by atoms with E-state index in [4.69, 9.17) is 16.3 Å². The van der Waals surface area contributed by atoms with Crippen molar-refractivity contribution in [3.8, 4) is 17.6 Å². The van der Waals surface area contributed by atoms with Gasteiger partial charge >= 0.3 is 0 Å². The SMILES string of the molecule is CCCCCCCCOc1cc(F)cc(C#CCCCl)c1. The third-order valence-corrected chi connectivity index (χ3v) is 3.28. The topological polar surface area (TPSA) is 9.23 Å². The van der Waals surface area contributed by atoms with Gasteiger partial charge in [0.05, 0.1) is 6.61 Å². The number of alkyl halides is 1. The molecular weight excluding hydrogens is 287 g/mol. The van der Waals surface area contributed by atoms with Gasteiger partial charge < -0.3 is 4.74 Å². The minimum Gasteiger partial charge on any atom is -0.493 e. The van der Waals surface area contributed by atoms with Crippen LogP contribution in [0.1, 0.15) is 57.4 Å². The van der Waals surface area contributed by atoms with Gasteiger partial charge in [0.1, 0.15) is 11.6 Å². The van der Waals surface area contributed by atoms with Crippen molar-refractivity contribution >= 4 is 11.6 Å². The third-order valence-electron chi connectivity index (χ3n) is 3.09. The minimum absolute atomic E-state index is 0.314. The van der Waals surface area contributed by atoms with Gasteiger partial charge in [-0.05, 0) is 18.6 Å². The molecule has 1 rings (SSSR count). The summed E-state index contributed by atoms with van der Waals surface area (Å²) in [7, 11) is 0. The summed E-state index contributed by atoms with van der Waals surface area (Å²) < 4.78 is 19.1. The monoisotopic (exact) mass is 310 g/mol. The lowest BCUT2D eigenvalue weighted by Crippen LogP contribution is -1.98. The van der Waals surface area contributed by atoms with E-state index in [1.165, 1.54) is 37.8 Å². The Labute approximate surface area is 132 Å². The van der Waals surface area contributed by atoms with Gasteiger partial charge in [0.15, 0.2) is 0 Å². The van der Waals surface area contributed by atoms with Crippen molar-refractivity contribution in [3.63, 3.8) is 0 Å². The summed E-state index contributed by atoms with van der Waals surface area (Å²) in [5.41, 5.74) is 0.637. The molecule has 0 aliphatic carbocycles. The molecule has 0 N–H and O–H groups in total. The van der Waals surface area contributed by atoms with E-state index in [-0.39, 0.29) is 5.82 Å². The molecular formula is C18H24ClFO. The van der Waals surface area contributed by atoms with Crippen molar-refractivity contribution in [1.82, 2.24) is 0 Å². The average Bonchev–Trinajstić information content (AvgIpc) is 2.46. The molecule has 0 heterocycles. The largest absolute Gasteiger partial charge is 0.493 e. The van der Waals surface area contributed by atoms with Crippen LogP contribution in [-0.4, -0.2) is 12.5 Å². The molecule has 21 heavy (non-hydrogen) atoms. The molecule has 0 aliphatic heterocycles. The van der Waals surface area contributed by atoms with Crippen LogP contribution in [0.3, 0.4) is 0 Å². The second-order valence-corrected chi connectivity index (χ2v) is 5.41. The maximum absolute atomic E-state index is 13.5. The fourth-order valence-electron chi connectivity index (χ4n) is 2.00. The molecule has 0 atom stereocenters. The van der Waals surface area contributed by atoms with E-state index in [2.05, 4.69) is 18.8 Å². The first-order valence-corrected chi connectivity index (χ1v) is 8.28. The van der Waals surface area contributed by atoms with Crippen LogP contribution in [0, 0.1) is 17.7 Å². The summed E-state index contributed by atoms with van der Waals surface area (Å²) in [6.07, 6.45) is 7.87. The lowest BCUT2D eigenvalue weighted by molar-refractivity contribution is 0.303. The Kier molecular flexibility index (Phi) is 9.74. The summed E-state index contributed by atoms with van der Waals surface area (Å²) in [6, 6.07) is 4.60. The smallest absolute Gasteiger partial charge is 0.128 e. The van der Waals surface area contributed by atoms with Crippen LogP contribution in [0.4, 0.5) is 4.39 Å². The molecule has 0 amide bonds. The number of hydrogen-bond acceptors (Lipinski definition) is 1. The predicted molar refractivity (Wildman–Crippen MR) is 87.5 cm³/mol. The van der Waals surface area contributed by atoms with Gasteiger partial charge in [-0.15, -0.1) is 11.6 Å². The summed E-state index contributed by atoms with van der Waals surface area (Å²) in [4.78, 5) is 0. The van der Waals surface area contributed by atoms with Crippen LogP contribution in [-0.2, 0) is 0 Å². The van der Waals surface area contributed by atoms with Gasteiger partial charge in [-0.25, -0.2) is 4.39 Å². The average molecular weight is 311 g/mol. The molecule has 1 aromatic rings. The molecule has 0 unspecified atom stereocenters. The van der Waals surface area contributed by atoms with Crippen molar-refractivity contribution in [2.24, 2.45) is 0 Å². The quantitative estimate of drug-likeness (QED) is 0.330. The van der Waals surface area contributed by atoms with Crippen LogP contribution in [0.25, 0.3) is 0 Å². The maximum atomic E-state index is 13.5. The van der Waals surface area contributed by atoms with Crippen LogP contribution in [0.15, 0.2) is 18.2 Å². The normalized spacial score (nSPS) is 10.0. The Morgan fingerprint density at radius 2 is 1.86 bits per heavy atom. The van der Waals surface area contributed by atoms with E-state index in [0.29, 0.717) is 30.2 Å². The molecule has 0 saturated carbocycles. The summed E-state index contributed by atoms with van der Waals surface area (Å²) in [5.74, 6) is 6.52. The van der Waals surface area contributed by atoms with Gasteiger partial charge in [0.25, 0.3) is 0 Å². The highest BCUT2D eigenvalue weighted by Gasteiger charge is 2.00. The van der Waals surface area contributed by atoms with Crippen LogP contribution in [0.2, 0.25) is 0 Å². The van der Waals surface area contributed by atoms with Crippen LogP contribution >= 0.6 is 11.6 Å². The van der Waals surface area contributed by atoms with E-state index in [1.54, 1.807) is 6.07 Å². The van der Waals surface area contributed by atoms with Crippen molar-refractivity contribution in [2.75, 3.05) is 12.5 Å². The molecule has 0 aliphatic rings. The summed E-state index contributed by atoms with van der Waals surface area (Å²) in [6.45, 7) is 2.84. The lowest BCUT2D eigenvalue weighted by atomic mass is 10.1. The van der Waals surface area contributed by atoms with Gasteiger partial charge in [0.2, 0.25) is 0 Å². The molecule has 116 valence electrons. The second kappa shape index (κ2) is 11.5. The molecule has 0 fully saturated rings. The van der Waals surface area contributed by atoms with E-state index >= 15 is 0 Å². The Balaban J connectivity index is 2.36. The number of ether oxygens (including phenoxy) is 1. The highest BCUT2D eigenvalue weighted by molar-refractivity contribution is 6.18. The fourth-order valence-corrected chi connectivity index (χ4v) is 2.10.